The van der Waals surface area contributed by atoms with Gasteiger partial charge in [0.05, 0.1) is 18.3 Å². The number of sulfonamides is 1. The highest BCUT2D eigenvalue weighted by Crippen LogP contribution is 2.46. The molecule has 5 amide bonds. The molecule has 16 heteroatoms. The lowest BCUT2D eigenvalue weighted by molar-refractivity contribution is -0.141. The maximum absolute atomic E-state index is 14.4. The van der Waals surface area contributed by atoms with Gasteiger partial charge in [0.1, 0.15) is 35.6 Å². The minimum absolute atomic E-state index is 0.00548. The van der Waals surface area contributed by atoms with Crippen molar-refractivity contribution in [2.24, 2.45) is 5.92 Å². The first-order valence-electron chi connectivity index (χ1n) is 18.0. The molecule has 3 N–H and O–H groups in total. The molecule has 3 heterocycles. The molecule has 3 aliphatic heterocycles. The predicted molar refractivity (Wildman–Crippen MR) is 178 cm³/mol. The highest BCUT2D eigenvalue weighted by atomic mass is 32.2. The molecule has 0 aromatic heterocycles. The van der Waals surface area contributed by atoms with Crippen molar-refractivity contribution >= 4 is 39.9 Å². The molecule has 1 aromatic carbocycles. The number of halogens is 1. The fraction of sp³-hybridized carbons (Fsp3) is 0.629. The number of fused-ring (bicyclic) bond motifs is 3. The zero-order valence-corrected chi connectivity index (χ0v) is 29.1. The molecule has 51 heavy (non-hydrogen) atoms. The standard InChI is InChI=1S/C35H44FN5O9S/c36-27-12-6-8-21-18-40(20-26(21)27)34(46)50-24-16-29-30(42)38-35(32(44)39-51(47,48)25-14-15-25)17-22(35)9-4-2-1-3-5-13-28(31(43)41(29)19-24)37-33(45)49-23-10-7-11-23/h4,6,8-9,12,22-25,28-29H,1-3,5,7,10-11,13-20H2,(H,37,45)(H,38,42)(H,39,44)/t22-,24-,28+,29+,35-/m1/s1. The molecule has 1 saturated heterocycles. The zero-order chi connectivity index (χ0) is 35.9. The SMILES string of the molecule is O=C(N[C@H]1CCCCCC=C[C@@H]2C[C@@]2(C(=O)NS(=O)(=O)C2CC2)NC(=O)[C@@H]2C[C@@H](OC(=O)N3Cc4cccc(F)c4C3)CN2C1=O)OC1CCC1. The summed E-state index contributed by atoms with van der Waals surface area (Å²) in [4.78, 5) is 70.8. The number of benzene rings is 1. The summed E-state index contributed by atoms with van der Waals surface area (Å²) >= 11 is 0. The Labute approximate surface area is 295 Å². The molecule has 6 aliphatic rings. The summed E-state index contributed by atoms with van der Waals surface area (Å²) in [5.41, 5.74) is -0.496. The van der Waals surface area contributed by atoms with E-state index in [0.29, 0.717) is 36.8 Å². The van der Waals surface area contributed by atoms with Crippen LogP contribution in [0.15, 0.2) is 30.4 Å². The van der Waals surface area contributed by atoms with Crippen LogP contribution in [0.25, 0.3) is 0 Å². The van der Waals surface area contributed by atoms with Crippen molar-refractivity contribution in [1.82, 2.24) is 25.2 Å². The lowest BCUT2D eigenvalue weighted by atomic mass is 9.96. The molecule has 7 rings (SSSR count). The Morgan fingerprint density at radius 2 is 1.76 bits per heavy atom. The molecule has 0 spiro atoms. The van der Waals surface area contributed by atoms with E-state index < -0.39 is 80.6 Å². The first-order valence-corrected chi connectivity index (χ1v) is 19.5. The van der Waals surface area contributed by atoms with Crippen molar-refractivity contribution in [2.45, 2.75) is 125 Å². The third kappa shape index (κ3) is 7.56. The Bertz CT molecular complexity index is 1730. The van der Waals surface area contributed by atoms with Gasteiger partial charge >= 0.3 is 12.2 Å². The average Bonchev–Trinajstić information content (AvgIpc) is 3.95. The van der Waals surface area contributed by atoms with Crippen molar-refractivity contribution in [2.75, 3.05) is 6.54 Å². The molecule has 14 nitrogen and oxygen atoms in total. The Balaban J connectivity index is 1.12. The van der Waals surface area contributed by atoms with E-state index in [1.54, 1.807) is 12.1 Å². The van der Waals surface area contributed by atoms with Crippen molar-refractivity contribution in [3.8, 4) is 0 Å². The summed E-state index contributed by atoms with van der Waals surface area (Å²) in [5.74, 6) is -3.00. The van der Waals surface area contributed by atoms with Gasteiger partial charge in [-0.2, -0.15) is 0 Å². The van der Waals surface area contributed by atoms with Crippen molar-refractivity contribution in [3.05, 3.63) is 47.3 Å². The van der Waals surface area contributed by atoms with Gasteiger partial charge in [-0.05, 0) is 69.4 Å². The molecule has 0 bridgehead atoms. The number of nitrogens with one attached hydrogen (secondary N) is 3. The Morgan fingerprint density at radius 1 is 0.961 bits per heavy atom. The maximum Gasteiger partial charge on any atom is 0.410 e. The number of hydrogen-bond acceptors (Lipinski definition) is 9. The first kappa shape index (κ1) is 35.2. The summed E-state index contributed by atoms with van der Waals surface area (Å²) in [6.45, 7) is -0.0334. The fourth-order valence-electron chi connectivity index (χ4n) is 7.39. The Hall–Kier alpha value is -4.21. The van der Waals surface area contributed by atoms with Gasteiger partial charge in [-0.1, -0.05) is 37.1 Å². The van der Waals surface area contributed by atoms with E-state index >= 15 is 0 Å². The topological polar surface area (TPSA) is 181 Å². The van der Waals surface area contributed by atoms with Crippen LogP contribution in [0.4, 0.5) is 14.0 Å². The number of alkyl carbamates (subject to hydrolysis) is 1. The lowest BCUT2D eigenvalue weighted by Crippen LogP contribution is -2.58. The Morgan fingerprint density at radius 3 is 2.49 bits per heavy atom. The largest absolute Gasteiger partial charge is 0.446 e. The van der Waals surface area contributed by atoms with E-state index in [4.69, 9.17) is 9.47 Å². The van der Waals surface area contributed by atoms with E-state index in [2.05, 4.69) is 15.4 Å². The van der Waals surface area contributed by atoms with Crippen LogP contribution < -0.4 is 15.4 Å². The van der Waals surface area contributed by atoms with Crippen LogP contribution in [-0.4, -0.2) is 89.8 Å². The predicted octanol–water partition coefficient (Wildman–Crippen LogP) is 2.90. The molecular formula is C35H44FN5O9S. The van der Waals surface area contributed by atoms with Crippen LogP contribution in [0.5, 0.6) is 0 Å². The van der Waals surface area contributed by atoms with Gasteiger partial charge in [0.25, 0.3) is 5.91 Å². The second-order valence-corrected chi connectivity index (χ2v) is 16.6. The number of carbonyl (C=O) groups excluding carboxylic acids is 5. The molecule has 1 aromatic rings. The summed E-state index contributed by atoms with van der Waals surface area (Å²) in [6, 6.07) is 2.37. The molecule has 3 saturated carbocycles. The van der Waals surface area contributed by atoms with Crippen LogP contribution in [-0.2, 0) is 47.0 Å². The number of hydrogen-bond donors (Lipinski definition) is 3. The summed E-state index contributed by atoms with van der Waals surface area (Å²) in [7, 11) is -3.91. The Kier molecular flexibility index (Phi) is 9.71. The van der Waals surface area contributed by atoms with Gasteiger partial charge in [0.15, 0.2) is 0 Å². The summed E-state index contributed by atoms with van der Waals surface area (Å²) in [6.07, 6.45) is 7.57. The monoisotopic (exact) mass is 729 g/mol. The number of ether oxygens (including phenoxy) is 2. The van der Waals surface area contributed by atoms with Gasteiger partial charge < -0.3 is 25.0 Å². The van der Waals surface area contributed by atoms with Gasteiger partial charge in [0.2, 0.25) is 21.8 Å². The molecule has 0 unspecified atom stereocenters. The highest BCUT2D eigenvalue weighted by molar-refractivity contribution is 7.91. The van der Waals surface area contributed by atoms with E-state index in [0.717, 1.165) is 32.1 Å². The normalized spacial score (nSPS) is 29.7. The van der Waals surface area contributed by atoms with E-state index in [1.165, 1.54) is 15.9 Å². The smallest absolute Gasteiger partial charge is 0.410 e. The molecule has 276 valence electrons. The van der Waals surface area contributed by atoms with Crippen LogP contribution in [0.1, 0.15) is 88.2 Å². The lowest BCUT2D eigenvalue weighted by Gasteiger charge is -2.31. The number of nitrogens with zero attached hydrogens (tertiary/aromatic N) is 2. The molecule has 0 radical (unpaired) electrons. The van der Waals surface area contributed by atoms with Crippen molar-refractivity contribution in [1.29, 1.82) is 0 Å². The van der Waals surface area contributed by atoms with Gasteiger partial charge in [-0.3, -0.25) is 24.0 Å². The third-order valence-corrected chi connectivity index (χ3v) is 12.7. The zero-order valence-electron chi connectivity index (χ0n) is 28.3. The minimum atomic E-state index is -3.91. The van der Waals surface area contributed by atoms with Gasteiger partial charge in [-0.15, -0.1) is 0 Å². The third-order valence-electron chi connectivity index (χ3n) is 10.9. The van der Waals surface area contributed by atoms with E-state index in [9.17, 15) is 36.8 Å². The average molecular weight is 730 g/mol. The fourth-order valence-corrected chi connectivity index (χ4v) is 8.75. The van der Waals surface area contributed by atoms with Crippen molar-refractivity contribution < 1.29 is 46.3 Å². The number of allylic oxidation sites excluding steroid dienone is 1. The van der Waals surface area contributed by atoms with Gasteiger partial charge in [-0.25, -0.2) is 22.4 Å². The second-order valence-electron chi connectivity index (χ2n) is 14.6. The molecule has 4 fully saturated rings. The number of rotatable bonds is 6. The first-order chi connectivity index (χ1) is 24.4. The van der Waals surface area contributed by atoms with E-state index in [1.807, 2.05) is 12.2 Å². The van der Waals surface area contributed by atoms with Gasteiger partial charge in [0, 0.05) is 24.4 Å². The quantitative estimate of drug-likeness (QED) is 0.371. The number of amides is 5. The van der Waals surface area contributed by atoms with Crippen LogP contribution in [0, 0.1) is 11.7 Å². The van der Waals surface area contributed by atoms with Crippen molar-refractivity contribution in [3.63, 3.8) is 0 Å². The second kappa shape index (κ2) is 14.1. The summed E-state index contributed by atoms with van der Waals surface area (Å²) in [5, 5.41) is 4.85. The van der Waals surface area contributed by atoms with E-state index in [-0.39, 0.29) is 45.0 Å². The summed E-state index contributed by atoms with van der Waals surface area (Å²) < 4.78 is 53.3. The molecular weight excluding hydrogens is 685 g/mol. The highest BCUT2D eigenvalue weighted by Gasteiger charge is 2.62. The van der Waals surface area contributed by atoms with Crippen LogP contribution in [0.3, 0.4) is 0 Å². The van der Waals surface area contributed by atoms with Crippen LogP contribution >= 0.6 is 0 Å². The maximum atomic E-state index is 14.4. The van der Waals surface area contributed by atoms with Crippen LogP contribution in [0.2, 0.25) is 0 Å². The minimum Gasteiger partial charge on any atom is -0.446 e. The number of carbonyl (C=O) groups is 5. The molecule has 3 aliphatic carbocycles. The molecule has 5 atom stereocenters.